The molecule has 1 aliphatic rings. The second-order valence-electron chi connectivity index (χ2n) is 7.18. The largest absolute Gasteiger partial charge is 0.493 e. The van der Waals surface area contributed by atoms with Crippen molar-refractivity contribution in [1.29, 1.82) is 0 Å². The molecular formula is C20H25N7O6. The second kappa shape index (κ2) is 9.54. The van der Waals surface area contributed by atoms with E-state index in [1.165, 1.54) is 17.1 Å². The predicted molar refractivity (Wildman–Crippen MR) is 118 cm³/mol. The van der Waals surface area contributed by atoms with Gasteiger partial charge in [0.05, 0.1) is 26.5 Å². The monoisotopic (exact) mass is 459 g/mol. The van der Waals surface area contributed by atoms with Gasteiger partial charge in [0, 0.05) is 0 Å². The number of benzene rings is 1. The summed E-state index contributed by atoms with van der Waals surface area (Å²) >= 11 is 0. The van der Waals surface area contributed by atoms with Gasteiger partial charge in [-0.2, -0.15) is 5.10 Å². The summed E-state index contributed by atoms with van der Waals surface area (Å²) in [6, 6.07) is 5.33. The highest BCUT2D eigenvalue weighted by Crippen LogP contribution is 2.35. The topological polar surface area (TPSA) is 182 Å². The lowest BCUT2D eigenvalue weighted by Crippen LogP contribution is -2.33. The summed E-state index contributed by atoms with van der Waals surface area (Å²) in [5.41, 5.74) is 9.96. The third-order valence-electron chi connectivity index (χ3n) is 5.14. The number of nitrogens with zero attached hydrogens (tertiary/aromatic N) is 5. The van der Waals surface area contributed by atoms with Gasteiger partial charge in [-0.05, 0) is 30.7 Å². The number of aliphatic hydroxyl groups excluding tert-OH is 3. The number of nitrogen functional groups attached to an aromatic ring is 1. The minimum Gasteiger partial charge on any atom is -0.493 e. The average molecular weight is 459 g/mol. The fraction of sp³-hybridized carbons (Fsp3) is 0.400. The lowest BCUT2D eigenvalue weighted by molar-refractivity contribution is -0.0501. The number of aromatic nitrogens is 4. The normalized spacial score (nSPS) is 22.8. The lowest BCUT2D eigenvalue weighted by Gasteiger charge is -2.18. The summed E-state index contributed by atoms with van der Waals surface area (Å²) in [6.45, 7) is 1.92. The fourth-order valence-corrected chi connectivity index (χ4v) is 3.54. The number of rotatable bonds is 8. The molecule has 2 aromatic heterocycles. The molecule has 3 aromatic rings. The van der Waals surface area contributed by atoms with Gasteiger partial charge in [-0.1, -0.05) is 0 Å². The van der Waals surface area contributed by atoms with E-state index < -0.39 is 31.1 Å². The number of methoxy groups -OCH3 is 1. The molecule has 6 N–H and O–H groups in total. The first-order valence-electron chi connectivity index (χ1n) is 10.2. The number of fused-ring (bicyclic) bond motifs is 1. The van der Waals surface area contributed by atoms with Crippen molar-refractivity contribution in [2.45, 2.75) is 31.5 Å². The van der Waals surface area contributed by atoms with Crippen molar-refractivity contribution in [2.24, 2.45) is 5.10 Å². The van der Waals surface area contributed by atoms with Gasteiger partial charge >= 0.3 is 0 Å². The summed E-state index contributed by atoms with van der Waals surface area (Å²) in [4.78, 5) is 12.5. The molecule has 4 atom stereocenters. The van der Waals surface area contributed by atoms with Crippen molar-refractivity contribution in [3.63, 3.8) is 0 Å². The number of hydrogen-bond donors (Lipinski definition) is 5. The Morgan fingerprint density at radius 2 is 2.09 bits per heavy atom. The fourth-order valence-electron chi connectivity index (χ4n) is 3.54. The molecule has 0 amide bonds. The van der Waals surface area contributed by atoms with Gasteiger partial charge in [0.2, 0.25) is 5.95 Å². The van der Waals surface area contributed by atoms with E-state index >= 15 is 0 Å². The standard InChI is InChI=1S/C20H25N7O6/c1-3-32-11-5-4-10(6-12(11)31-2)7-24-26-20-25-14-17(21)22-9-23-18(14)27(20)19-16(30)15(29)13(8-28)33-19/h4-7,9,13,15-16,19,28-30H,3,8H2,1-2H3,(H,25,26)(H2,21,22,23)/b24-7-/t13-,15+,16-,19+/m0/s1. The molecule has 0 saturated carbocycles. The summed E-state index contributed by atoms with van der Waals surface area (Å²) in [6.07, 6.45) is -1.95. The molecule has 0 aliphatic carbocycles. The Labute approximate surface area is 188 Å². The maximum Gasteiger partial charge on any atom is 0.228 e. The molecular weight excluding hydrogens is 434 g/mol. The Bertz CT molecular complexity index is 1150. The van der Waals surface area contributed by atoms with Crippen LogP contribution in [0.3, 0.4) is 0 Å². The van der Waals surface area contributed by atoms with Crippen LogP contribution in [-0.4, -0.2) is 79.7 Å². The maximum absolute atomic E-state index is 10.5. The third kappa shape index (κ3) is 4.26. The summed E-state index contributed by atoms with van der Waals surface area (Å²) in [5.74, 6) is 1.43. The van der Waals surface area contributed by atoms with E-state index in [1.54, 1.807) is 25.3 Å². The van der Waals surface area contributed by atoms with Crippen LogP contribution in [-0.2, 0) is 4.74 Å². The number of anilines is 2. The zero-order chi connectivity index (χ0) is 23.5. The maximum atomic E-state index is 10.5. The number of nitrogens with one attached hydrogen (secondary N) is 1. The Kier molecular flexibility index (Phi) is 6.55. The molecule has 1 aromatic carbocycles. The number of aliphatic hydroxyl groups is 3. The predicted octanol–water partition coefficient (Wildman–Crippen LogP) is -0.127. The summed E-state index contributed by atoms with van der Waals surface area (Å²) < 4.78 is 17.9. The third-order valence-corrected chi connectivity index (χ3v) is 5.14. The van der Waals surface area contributed by atoms with E-state index in [-0.39, 0.29) is 22.9 Å². The Hall–Kier alpha value is -3.52. The number of hydrazone groups is 1. The van der Waals surface area contributed by atoms with Gasteiger partial charge in [-0.3, -0.25) is 4.57 Å². The quantitative estimate of drug-likeness (QED) is 0.223. The molecule has 1 fully saturated rings. The van der Waals surface area contributed by atoms with Crippen LogP contribution in [0.5, 0.6) is 11.5 Å². The molecule has 0 unspecified atom stereocenters. The minimum absolute atomic E-state index is 0.119. The zero-order valence-corrected chi connectivity index (χ0v) is 18.0. The highest BCUT2D eigenvalue weighted by molar-refractivity contribution is 5.85. The number of ether oxygens (including phenoxy) is 3. The van der Waals surface area contributed by atoms with E-state index in [0.29, 0.717) is 18.1 Å². The van der Waals surface area contributed by atoms with E-state index in [9.17, 15) is 15.3 Å². The van der Waals surface area contributed by atoms with Crippen LogP contribution in [0.25, 0.3) is 11.2 Å². The number of hydrogen-bond acceptors (Lipinski definition) is 12. The SMILES string of the molecule is CCOc1ccc(/C=N\Nc2nc3c(N)ncnc3n2[C@@H]2O[C@@H](CO)[C@@H](O)[C@@H]2O)cc1OC. The average Bonchev–Trinajstić information content (AvgIpc) is 3.32. The van der Waals surface area contributed by atoms with Gasteiger partial charge in [0.1, 0.15) is 24.6 Å². The first-order valence-corrected chi connectivity index (χ1v) is 10.2. The van der Waals surface area contributed by atoms with Gasteiger partial charge in [-0.25, -0.2) is 20.4 Å². The van der Waals surface area contributed by atoms with Crippen LogP contribution in [0.2, 0.25) is 0 Å². The molecule has 1 aliphatic heterocycles. The van der Waals surface area contributed by atoms with Crippen LogP contribution < -0.4 is 20.6 Å². The number of nitrogens with two attached hydrogens (primary N) is 1. The van der Waals surface area contributed by atoms with Crippen LogP contribution in [0.15, 0.2) is 29.6 Å². The molecule has 1 saturated heterocycles. The van der Waals surface area contributed by atoms with Gasteiger partial charge in [0.15, 0.2) is 34.7 Å². The summed E-state index contributed by atoms with van der Waals surface area (Å²) in [5, 5.41) is 34.3. The molecule has 0 bridgehead atoms. The Morgan fingerprint density at radius 3 is 2.79 bits per heavy atom. The molecule has 0 spiro atoms. The minimum atomic E-state index is -1.35. The molecule has 3 heterocycles. The van der Waals surface area contributed by atoms with E-state index in [2.05, 4.69) is 25.5 Å². The summed E-state index contributed by atoms with van der Waals surface area (Å²) in [7, 11) is 1.55. The molecule has 4 rings (SSSR count). The van der Waals surface area contributed by atoms with Crippen molar-refractivity contribution < 1.29 is 29.5 Å². The molecule has 13 heteroatoms. The van der Waals surface area contributed by atoms with Crippen LogP contribution in [0.1, 0.15) is 18.7 Å². The highest BCUT2D eigenvalue weighted by atomic mass is 16.6. The number of imidazole rings is 1. The van der Waals surface area contributed by atoms with Crippen LogP contribution in [0.4, 0.5) is 11.8 Å². The molecule has 33 heavy (non-hydrogen) atoms. The first-order chi connectivity index (χ1) is 16.0. The van der Waals surface area contributed by atoms with Crippen molar-refractivity contribution in [3.05, 3.63) is 30.1 Å². The zero-order valence-electron chi connectivity index (χ0n) is 18.0. The molecule has 0 radical (unpaired) electrons. The van der Waals surface area contributed by atoms with Gasteiger partial charge in [-0.15, -0.1) is 0 Å². The van der Waals surface area contributed by atoms with Gasteiger partial charge in [0.25, 0.3) is 0 Å². The molecule has 176 valence electrons. The lowest BCUT2D eigenvalue weighted by atomic mass is 10.1. The van der Waals surface area contributed by atoms with Crippen molar-refractivity contribution in [1.82, 2.24) is 19.5 Å². The van der Waals surface area contributed by atoms with Crippen LogP contribution >= 0.6 is 0 Å². The second-order valence-corrected chi connectivity index (χ2v) is 7.18. The Balaban J connectivity index is 1.66. The smallest absolute Gasteiger partial charge is 0.228 e. The van der Waals surface area contributed by atoms with E-state index in [4.69, 9.17) is 19.9 Å². The van der Waals surface area contributed by atoms with E-state index in [0.717, 1.165) is 5.56 Å². The van der Waals surface area contributed by atoms with Crippen molar-refractivity contribution in [2.75, 3.05) is 31.5 Å². The Morgan fingerprint density at radius 1 is 1.27 bits per heavy atom. The first kappa shape index (κ1) is 22.7. The van der Waals surface area contributed by atoms with Crippen LogP contribution in [0, 0.1) is 0 Å². The highest BCUT2D eigenvalue weighted by Gasteiger charge is 2.45. The van der Waals surface area contributed by atoms with Crippen molar-refractivity contribution in [3.8, 4) is 11.5 Å². The molecule has 13 nitrogen and oxygen atoms in total. The van der Waals surface area contributed by atoms with Gasteiger partial charge < -0.3 is 35.3 Å². The van der Waals surface area contributed by atoms with E-state index in [1.807, 2.05) is 6.92 Å². The van der Waals surface area contributed by atoms with Crippen molar-refractivity contribution >= 4 is 29.1 Å².